The first-order chi connectivity index (χ1) is 14.8. The van der Waals surface area contributed by atoms with E-state index in [1.165, 1.54) is 5.56 Å². The smallest absolute Gasteiger partial charge is 0.191 e. The first kappa shape index (κ1) is 20.1. The number of hydrogen-bond acceptors (Lipinski definition) is 6. The Kier molecular flexibility index (Phi) is 6.39. The zero-order valence-corrected chi connectivity index (χ0v) is 17.8. The van der Waals surface area contributed by atoms with Gasteiger partial charge in [0.25, 0.3) is 0 Å². The lowest BCUT2D eigenvalue weighted by Crippen LogP contribution is -2.04. The van der Waals surface area contributed by atoms with Gasteiger partial charge in [0.1, 0.15) is 17.3 Å². The second kappa shape index (κ2) is 9.54. The standard InChI is InChI=1S/C23H23N3O3S/c1-27-19-10-8-17(9-11-19)12-14-30-23-25-24-22(18-5-3-6-20(15-18)28-2)26(23)16-21-7-4-13-29-21/h3-11,13,15H,12,14,16H2,1-2H3. The number of hydrogen-bond donors (Lipinski definition) is 0. The molecule has 0 saturated carbocycles. The lowest BCUT2D eigenvalue weighted by Gasteiger charge is -2.10. The maximum atomic E-state index is 5.57. The molecule has 7 heteroatoms. The Balaban J connectivity index is 1.54. The topological polar surface area (TPSA) is 62.3 Å². The first-order valence-corrected chi connectivity index (χ1v) is 10.6. The van der Waals surface area contributed by atoms with Crippen LogP contribution in [-0.4, -0.2) is 34.7 Å². The van der Waals surface area contributed by atoms with Gasteiger partial charge in [-0.1, -0.05) is 36.0 Å². The minimum Gasteiger partial charge on any atom is -0.497 e. The number of methoxy groups -OCH3 is 2. The zero-order valence-electron chi connectivity index (χ0n) is 16.9. The molecule has 0 aliphatic rings. The summed E-state index contributed by atoms with van der Waals surface area (Å²) in [7, 11) is 3.34. The molecule has 0 N–H and O–H groups in total. The Morgan fingerprint density at radius 2 is 1.77 bits per heavy atom. The largest absolute Gasteiger partial charge is 0.497 e. The molecular weight excluding hydrogens is 398 g/mol. The maximum absolute atomic E-state index is 5.57. The fraction of sp³-hybridized carbons (Fsp3) is 0.217. The van der Waals surface area contributed by atoms with Crippen LogP contribution in [0.4, 0.5) is 0 Å². The lowest BCUT2D eigenvalue weighted by molar-refractivity contribution is 0.414. The van der Waals surface area contributed by atoms with Crippen LogP contribution in [0.1, 0.15) is 11.3 Å². The van der Waals surface area contributed by atoms with Crippen LogP contribution in [0.2, 0.25) is 0 Å². The van der Waals surface area contributed by atoms with Crippen molar-refractivity contribution < 1.29 is 13.9 Å². The Morgan fingerprint density at radius 3 is 2.50 bits per heavy atom. The molecule has 4 rings (SSSR count). The van der Waals surface area contributed by atoms with Crippen LogP contribution in [0.15, 0.2) is 76.5 Å². The molecule has 30 heavy (non-hydrogen) atoms. The zero-order chi connectivity index (χ0) is 20.8. The summed E-state index contributed by atoms with van der Waals surface area (Å²) in [6.07, 6.45) is 2.61. The van der Waals surface area contributed by atoms with Gasteiger partial charge in [-0.05, 0) is 48.4 Å². The fourth-order valence-corrected chi connectivity index (χ4v) is 4.05. The molecule has 2 aromatic heterocycles. The van der Waals surface area contributed by atoms with Gasteiger partial charge in [0.2, 0.25) is 0 Å². The first-order valence-electron chi connectivity index (χ1n) is 9.62. The molecule has 0 aliphatic carbocycles. The predicted octanol–water partition coefficient (Wildman–Crippen LogP) is 4.94. The van der Waals surface area contributed by atoms with Crippen molar-refractivity contribution in [2.45, 2.75) is 18.1 Å². The predicted molar refractivity (Wildman–Crippen MR) is 117 cm³/mol. The van der Waals surface area contributed by atoms with Gasteiger partial charge in [-0.25, -0.2) is 0 Å². The van der Waals surface area contributed by atoms with E-state index in [1.807, 2.05) is 48.5 Å². The lowest BCUT2D eigenvalue weighted by atomic mass is 10.2. The maximum Gasteiger partial charge on any atom is 0.191 e. The molecule has 0 aliphatic heterocycles. The van der Waals surface area contributed by atoms with Gasteiger partial charge < -0.3 is 13.9 Å². The third-order valence-corrected chi connectivity index (χ3v) is 5.69. The highest BCUT2D eigenvalue weighted by Gasteiger charge is 2.16. The van der Waals surface area contributed by atoms with E-state index < -0.39 is 0 Å². The molecule has 0 amide bonds. The summed E-state index contributed by atoms with van der Waals surface area (Å²) in [6, 6.07) is 19.9. The summed E-state index contributed by atoms with van der Waals surface area (Å²) in [5, 5.41) is 9.79. The second-order valence-corrected chi connectivity index (χ2v) is 7.71. The average Bonchev–Trinajstić information content (AvgIpc) is 3.45. The van der Waals surface area contributed by atoms with Gasteiger partial charge in [0, 0.05) is 11.3 Å². The van der Waals surface area contributed by atoms with Crippen molar-refractivity contribution in [1.29, 1.82) is 0 Å². The van der Waals surface area contributed by atoms with Crippen molar-refractivity contribution in [2.75, 3.05) is 20.0 Å². The van der Waals surface area contributed by atoms with E-state index in [-0.39, 0.29) is 0 Å². The number of aromatic nitrogens is 3. The van der Waals surface area contributed by atoms with Crippen LogP contribution < -0.4 is 9.47 Å². The van der Waals surface area contributed by atoms with Crippen LogP contribution in [0.3, 0.4) is 0 Å². The monoisotopic (exact) mass is 421 g/mol. The van der Waals surface area contributed by atoms with E-state index in [0.29, 0.717) is 6.54 Å². The summed E-state index contributed by atoms with van der Waals surface area (Å²) in [5.41, 5.74) is 2.21. The number of rotatable bonds is 9. The molecule has 2 heterocycles. The highest BCUT2D eigenvalue weighted by molar-refractivity contribution is 7.99. The Hall–Kier alpha value is -3.19. The molecule has 0 saturated heterocycles. The molecule has 0 bridgehead atoms. The Labute approximate surface area is 179 Å². The molecular formula is C23H23N3O3S. The molecule has 0 radical (unpaired) electrons. The van der Waals surface area contributed by atoms with Crippen molar-refractivity contribution in [2.24, 2.45) is 0 Å². The second-order valence-electron chi connectivity index (χ2n) is 6.65. The molecule has 6 nitrogen and oxygen atoms in total. The summed E-state index contributed by atoms with van der Waals surface area (Å²) >= 11 is 1.68. The SMILES string of the molecule is COc1ccc(CCSc2nnc(-c3cccc(OC)c3)n2Cc2ccco2)cc1. The Morgan fingerprint density at radius 1 is 0.933 bits per heavy atom. The van der Waals surface area contributed by atoms with E-state index in [2.05, 4.69) is 26.9 Å². The van der Waals surface area contributed by atoms with Crippen molar-refractivity contribution >= 4 is 11.8 Å². The van der Waals surface area contributed by atoms with E-state index >= 15 is 0 Å². The molecule has 0 atom stereocenters. The minimum atomic E-state index is 0.567. The van der Waals surface area contributed by atoms with E-state index in [1.54, 1.807) is 32.2 Å². The van der Waals surface area contributed by atoms with Crippen molar-refractivity contribution in [3.8, 4) is 22.9 Å². The molecule has 0 fully saturated rings. The minimum absolute atomic E-state index is 0.567. The Bertz CT molecular complexity index is 1080. The van der Waals surface area contributed by atoms with Crippen LogP contribution in [-0.2, 0) is 13.0 Å². The van der Waals surface area contributed by atoms with Gasteiger partial charge in [0.05, 0.1) is 27.0 Å². The van der Waals surface area contributed by atoms with Gasteiger partial charge in [0.15, 0.2) is 11.0 Å². The highest BCUT2D eigenvalue weighted by atomic mass is 32.2. The third kappa shape index (κ3) is 4.68. The molecule has 0 unspecified atom stereocenters. The van der Waals surface area contributed by atoms with Gasteiger partial charge >= 0.3 is 0 Å². The molecule has 2 aromatic carbocycles. The molecule has 0 spiro atoms. The molecule has 4 aromatic rings. The third-order valence-electron chi connectivity index (χ3n) is 4.72. The van der Waals surface area contributed by atoms with Crippen molar-refractivity contribution in [1.82, 2.24) is 14.8 Å². The summed E-state index contributed by atoms with van der Waals surface area (Å²) in [4.78, 5) is 0. The summed E-state index contributed by atoms with van der Waals surface area (Å²) in [6.45, 7) is 0.567. The van der Waals surface area contributed by atoms with Crippen molar-refractivity contribution in [3.63, 3.8) is 0 Å². The highest BCUT2D eigenvalue weighted by Crippen LogP contribution is 2.28. The van der Waals surface area contributed by atoms with Crippen LogP contribution in [0, 0.1) is 0 Å². The van der Waals surface area contributed by atoms with Gasteiger partial charge in [-0.3, -0.25) is 4.57 Å². The van der Waals surface area contributed by atoms with E-state index in [0.717, 1.165) is 46.0 Å². The van der Waals surface area contributed by atoms with E-state index in [4.69, 9.17) is 13.9 Å². The normalized spacial score (nSPS) is 10.9. The van der Waals surface area contributed by atoms with Crippen LogP contribution in [0.25, 0.3) is 11.4 Å². The summed E-state index contributed by atoms with van der Waals surface area (Å²) < 4.78 is 18.3. The summed E-state index contributed by atoms with van der Waals surface area (Å²) in [5.74, 6) is 4.19. The van der Waals surface area contributed by atoms with Crippen molar-refractivity contribution in [3.05, 3.63) is 78.3 Å². The van der Waals surface area contributed by atoms with E-state index in [9.17, 15) is 0 Å². The average molecular weight is 422 g/mol. The number of aryl methyl sites for hydroxylation is 1. The van der Waals surface area contributed by atoms with Gasteiger partial charge in [-0.15, -0.1) is 10.2 Å². The number of furan rings is 1. The van der Waals surface area contributed by atoms with Crippen LogP contribution in [0.5, 0.6) is 11.5 Å². The number of nitrogens with zero attached hydrogens (tertiary/aromatic N) is 3. The molecule has 154 valence electrons. The number of benzene rings is 2. The van der Waals surface area contributed by atoms with Gasteiger partial charge in [-0.2, -0.15) is 0 Å². The number of thioether (sulfide) groups is 1. The van der Waals surface area contributed by atoms with Crippen LogP contribution >= 0.6 is 11.8 Å². The quantitative estimate of drug-likeness (QED) is 0.357. The number of ether oxygens (including phenoxy) is 2. The fourth-order valence-electron chi connectivity index (χ4n) is 3.12.